The first kappa shape index (κ1) is 35.8. The van der Waals surface area contributed by atoms with Gasteiger partial charge in [0.2, 0.25) is 5.28 Å². The number of alkyl halides is 3. The summed E-state index contributed by atoms with van der Waals surface area (Å²) in [6.45, 7) is 3.23. The molecule has 0 aromatic heterocycles. The van der Waals surface area contributed by atoms with Gasteiger partial charge in [0.25, 0.3) is 0 Å². The van der Waals surface area contributed by atoms with Crippen molar-refractivity contribution in [3.63, 3.8) is 0 Å². The molecule has 10 nitrogen and oxygen atoms in total. The fourth-order valence-electron chi connectivity index (χ4n) is 4.41. The van der Waals surface area contributed by atoms with E-state index in [1.165, 1.54) is 19.9 Å². The molecule has 0 saturated heterocycles. The van der Waals surface area contributed by atoms with E-state index in [-0.39, 0.29) is 35.3 Å². The van der Waals surface area contributed by atoms with Crippen LogP contribution in [0.3, 0.4) is 0 Å². The Morgan fingerprint density at radius 3 is 2.00 bits per heavy atom. The molecule has 0 aliphatic carbocycles. The van der Waals surface area contributed by atoms with E-state index >= 15 is 13.2 Å². The van der Waals surface area contributed by atoms with Crippen LogP contribution < -0.4 is 5.32 Å². The fraction of sp³-hybridized carbons (Fsp3) is 0.483. The maximum absolute atomic E-state index is 15.2. The summed E-state index contributed by atoms with van der Waals surface area (Å²) in [5.74, 6) is -1.90. The molecule has 1 unspecified atom stereocenters. The smallest absolute Gasteiger partial charge is 0.423 e. The molecule has 0 heterocycles. The van der Waals surface area contributed by atoms with Gasteiger partial charge in [-0.25, -0.2) is 14.4 Å². The number of carbonyl (C=O) groups excluding carboxylic acids is 3. The van der Waals surface area contributed by atoms with Crippen molar-refractivity contribution < 1.29 is 55.4 Å². The highest BCUT2D eigenvalue weighted by Crippen LogP contribution is 2.65. The lowest BCUT2D eigenvalue weighted by Crippen LogP contribution is -2.60. The van der Waals surface area contributed by atoms with Crippen LogP contribution in [0, 0.1) is 0 Å². The Hall–Kier alpha value is -3.41. The van der Waals surface area contributed by atoms with Crippen LogP contribution in [0.2, 0.25) is 0 Å². The minimum absolute atomic E-state index is 0.169. The number of aryl methyl sites for hydroxylation is 1. The summed E-state index contributed by atoms with van der Waals surface area (Å²) < 4.78 is 84.8. The Kier molecular flexibility index (Phi) is 13.2. The van der Waals surface area contributed by atoms with Gasteiger partial charge < -0.3 is 23.3 Å². The lowest BCUT2D eigenvalue weighted by molar-refractivity contribution is -0.174. The molecule has 2 aromatic rings. The minimum Gasteiger partial charge on any atom is -0.465 e. The van der Waals surface area contributed by atoms with Crippen LogP contribution in [0.1, 0.15) is 71.0 Å². The molecule has 238 valence electrons. The number of ether oxygens (including phenoxy) is 3. The molecule has 43 heavy (non-hydrogen) atoms. The Balaban J connectivity index is 2.80. The summed E-state index contributed by atoms with van der Waals surface area (Å²) in [7, 11) is -3.12. The standard InChI is InChI=1S/C29H37F3NO9P/c1-6-9-15-22-16-21(17-23(25(34)38-4)24(22)26(35)39-5)18-28(29(30,31)32,43(37,41-7-2)42-8-3)33-27(36)40-19-20-13-11-10-12-14-20/h10-14,16-17H,6-9,15,18-19H2,1-5H3,(H,33,36). The molecule has 1 atom stereocenters. The van der Waals surface area contributed by atoms with E-state index in [1.54, 1.807) is 35.6 Å². The zero-order valence-corrected chi connectivity index (χ0v) is 25.6. The van der Waals surface area contributed by atoms with E-state index in [2.05, 4.69) is 0 Å². The van der Waals surface area contributed by atoms with E-state index < -0.39 is 56.7 Å². The van der Waals surface area contributed by atoms with Gasteiger partial charge in [0.05, 0.1) is 38.6 Å². The third kappa shape index (κ3) is 8.58. The monoisotopic (exact) mass is 631 g/mol. The van der Waals surface area contributed by atoms with E-state index in [4.69, 9.17) is 23.3 Å². The van der Waals surface area contributed by atoms with E-state index in [9.17, 15) is 18.9 Å². The van der Waals surface area contributed by atoms with Gasteiger partial charge in [-0.15, -0.1) is 0 Å². The van der Waals surface area contributed by atoms with Crippen molar-refractivity contribution in [2.24, 2.45) is 0 Å². The molecule has 0 radical (unpaired) electrons. The largest absolute Gasteiger partial charge is 0.465 e. The van der Waals surface area contributed by atoms with Crippen LogP contribution in [0.4, 0.5) is 18.0 Å². The number of unbranched alkanes of at least 4 members (excludes halogenated alkanes) is 1. The van der Waals surface area contributed by atoms with Crippen LogP contribution in [-0.4, -0.2) is 56.9 Å². The summed E-state index contributed by atoms with van der Waals surface area (Å²) >= 11 is 0. The van der Waals surface area contributed by atoms with Gasteiger partial charge in [0.15, 0.2) is 0 Å². The quantitative estimate of drug-likeness (QED) is 0.132. The number of benzene rings is 2. The first-order valence-electron chi connectivity index (χ1n) is 13.6. The number of rotatable bonds is 15. The topological polar surface area (TPSA) is 126 Å². The van der Waals surface area contributed by atoms with Crippen molar-refractivity contribution in [1.29, 1.82) is 0 Å². The molecule has 1 amide bonds. The predicted molar refractivity (Wildman–Crippen MR) is 151 cm³/mol. The Morgan fingerprint density at radius 1 is 0.884 bits per heavy atom. The molecule has 14 heteroatoms. The Morgan fingerprint density at radius 2 is 1.49 bits per heavy atom. The fourth-order valence-corrected chi connectivity index (χ4v) is 6.52. The Bertz CT molecular complexity index is 1290. The van der Waals surface area contributed by atoms with Crippen molar-refractivity contribution in [3.8, 4) is 0 Å². The second-order valence-corrected chi connectivity index (χ2v) is 11.6. The lowest BCUT2D eigenvalue weighted by atomic mass is 9.91. The van der Waals surface area contributed by atoms with E-state index in [1.807, 2.05) is 6.92 Å². The van der Waals surface area contributed by atoms with E-state index in [0.29, 0.717) is 18.4 Å². The second-order valence-electron chi connectivity index (χ2n) is 9.32. The van der Waals surface area contributed by atoms with Crippen molar-refractivity contribution in [3.05, 3.63) is 70.3 Å². The van der Waals surface area contributed by atoms with Gasteiger partial charge in [0, 0.05) is 6.42 Å². The maximum atomic E-state index is 15.2. The molecule has 2 aromatic carbocycles. The highest BCUT2D eigenvalue weighted by atomic mass is 31.2. The first-order valence-corrected chi connectivity index (χ1v) is 15.1. The third-order valence-electron chi connectivity index (χ3n) is 6.39. The molecule has 2 rings (SSSR count). The second kappa shape index (κ2) is 15.9. The maximum Gasteiger partial charge on any atom is 0.423 e. The normalized spacial score (nSPS) is 13.1. The number of carbonyl (C=O) groups is 3. The average molecular weight is 632 g/mol. The molecule has 0 spiro atoms. The Labute approximate surface area is 248 Å². The highest BCUT2D eigenvalue weighted by Gasteiger charge is 2.69. The number of nitrogens with one attached hydrogen (secondary N) is 1. The molecular weight excluding hydrogens is 594 g/mol. The first-order chi connectivity index (χ1) is 20.3. The number of methoxy groups -OCH3 is 2. The van der Waals surface area contributed by atoms with Crippen LogP contribution in [0.15, 0.2) is 42.5 Å². The predicted octanol–water partition coefficient (Wildman–Crippen LogP) is 6.60. The lowest BCUT2D eigenvalue weighted by Gasteiger charge is -2.40. The van der Waals surface area contributed by atoms with Crippen LogP contribution in [0.5, 0.6) is 0 Å². The van der Waals surface area contributed by atoms with Crippen molar-refractivity contribution in [1.82, 2.24) is 5.32 Å². The summed E-state index contributed by atoms with van der Waals surface area (Å²) in [5, 5.41) is -1.90. The number of hydrogen-bond donors (Lipinski definition) is 1. The molecule has 0 bridgehead atoms. The molecule has 1 N–H and O–H groups in total. The van der Waals surface area contributed by atoms with E-state index in [0.717, 1.165) is 20.3 Å². The summed E-state index contributed by atoms with van der Waals surface area (Å²) in [4.78, 5) is 38.4. The van der Waals surface area contributed by atoms with Gasteiger partial charge >= 0.3 is 31.8 Å². The van der Waals surface area contributed by atoms with Crippen LogP contribution in [-0.2, 0) is 47.3 Å². The molecule has 0 aliphatic rings. The minimum atomic E-state index is -5.44. The summed E-state index contributed by atoms with van der Waals surface area (Å²) in [6.07, 6.45) is -6.82. The highest BCUT2D eigenvalue weighted by molar-refractivity contribution is 7.55. The number of amides is 1. The van der Waals surface area contributed by atoms with Crippen LogP contribution in [0.25, 0.3) is 0 Å². The van der Waals surface area contributed by atoms with Gasteiger partial charge in [0.1, 0.15) is 6.61 Å². The van der Waals surface area contributed by atoms with Crippen molar-refractivity contribution >= 4 is 25.6 Å². The SMILES string of the molecule is CCCCc1cc(CC(NC(=O)OCc2ccccc2)(C(F)(F)F)P(=O)(OCC)OCC)cc(C(=O)OC)c1C(=O)OC. The van der Waals surface area contributed by atoms with Crippen molar-refractivity contribution in [2.75, 3.05) is 27.4 Å². The molecule has 0 saturated carbocycles. The zero-order valence-electron chi connectivity index (χ0n) is 24.7. The van der Waals surface area contributed by atoms with Gasteiger partial charge in [-0.1, -0.05) is 49.7 Å². The van der Waals surface area contributed by atoms with Crippen molar-refractivity contribution in [2.45, 2.75) is 64.5 Å². The molecule has 0 aliphatic heterocycles. The van der Waals surface area contributed by atoms with Gasteiger partial charge in [-0.2, -0.15) is 13.2 Å². The van der Waals surface area contributed by atoms with Gasteiger partial charge in [-0.05, 0) is 49.4 Å². The third-order valence-corrected chi connectivity index (χ3v) is 9.05. The summed E-state index contributed by atoms with van der Waals surface area (Å²) in [6, 6.07) is 10.5. The number of alkyl carbamates (subject to hydrolysis) is 1. The van der Waals surface area contributed by atoms with Gasteiger partial charge in [-0.3, -0.25) is 9.88 Å². The number of esters is 2. The number of hydrogen-bond acceptors (Lipinski definition) is 9. The number of halogens is 3. The summed E-state index contributed by atoms with van der Waals surface area (Å²) in [5.41, 5.74) is -0.0354. The zero-order chi connectivity index (χ0) is 32.3. The molecular formula is C29H37F3NO9P. The molecule has 0 fully saturated rings. The average Bonchev–Trinajstić information content (AvgIpc) is 2.97. The van der Waals surface area contributed by atoms with Crippen LogP contribution >= 0.6 is 7.60 Å².